The van der Waals surface area contributed by atoms with Gasteiger partial charge in [-0.3, -0.25) is 0 Å². The number of halogens is 1. The Morgan fingerprint density at radius 3 is 2.71 bits per heavy atom. The number of nitrogens with one attached hydrogen (secondary N) is 1. The molecule has 0 spiro atoms. The average Bonchev–Trinajstić information content (AvgIpc) is 2.48. The van der Waals surface area contributed by atoms with Gasteiger partial charge in [-0.15, -0.1) is 0 Å². The quantitative estimate of drug-likeness (QED) is 0.666. The van der Waals surface area contributed by atoms with Gasteiger partial charge in [-0.25, -0.2) is 9.38 Å². The first-order valence-corrected chi connectivity index (χ1v) is 6.99. The molecule has 0 aromatic heterocycles. The van der Waals surface area contributed by atoms with Gasteiger partial charge in [0.05, 0.1) is 6.54 Å². The Morgan fingerprint density at radius 1 is 1.19 bits per heavy atom. The molecule has 0 radical (unpaired) electrons. The van der Waals surface area contributed by atoms with Crippen molar-refractivity contribution in [2.75, 3.05) is 5.32 Å². The van der Waals surface area contributed by atoms with Gasteiger partial charge < -0.3 is 11.1 Å². The lowest BCUT2D eigenvalue weighted by atomic mass is 10.1. The molecule has 0 unspecified atom stereocenters. The normalized spacial score (nSPS) is 11.5. The summed E-state index contributed by atoms with van der Waals surface area (Å²) in [5.74, 6) is 0.106. The van der Waals surface area contributed by atoms with E-state index in [2.05, 4.69) is 23.3 Å². The summed E-state index contributed by atoms with van der Waals surface area (Å²) in [5.41, 5.74) is 9.42. The van der Waals surface area contributed by atoms with Gasteiger partial charge in [0, 0.05) is 5.69 Å². The second kappa shape index (κ2) is 6.88. The maximum Gasteiger partial charge on any atom is 0.193 e. The van der Waals surface area contributed by atoms with E-state index in [9.17, 15) is 4.39 Å². The highest BCUT2D eigenvalue weighted by molar-refractivity contribution is 5.92. The van der Waals surface area contributed by atoms with Crippen LogP contribution in [0.25, 0.3) is 0 Å². The Morgan fingerprint density at radius 2 is 2.00 bits per heavy atom. The van der Waals surface area contributed by atoms with Crippen LogP contribution in [0.5, 0.6) is 0 Å². The molecule has 4 heteroatoms. The van der Waals surface area contributed by atoms with Crippen LogP contribution in [0.3, 0.4) is 0 Å². The minimum absolute atomic E-state index is 0.218. The largest absolute Gasteiger partial charge is 0.370 e. The number of nitrogens with two attached hydrogens (primary N) is 1. The van der Waals surface area contributed by atoms with Crippen LogP contribution >= 0.6 is 0 Å². The zero-order valence-electron chi connectivity index (χ0n) is 12.4. The first kappa shape index (κ1) is 15.0. The molecule has 2 aromatic carbocycles. The van der Waals surface area contributed by atoms with Crippen LogP contribution in [0.2, 0.25) is 0 Å². The van der Waals surface area contributed by atoms with Gasteiger partial charge in [0.1, 0.15) is 5.82 Å². The van der Waals surface area contributed by atoms with Crippen molar-refractivity contribution in [3.05, 3.63) is 65.0 Å². The molecule has 0 aliphatic rings. The minimum Gasteiger partial charge on any atom is -0.370 e. The van der Waals surface area contributed by atoms with Gasteiger partial charge in [0.2, 0.25) is 0 Å². The highest BCUT2D eigenvalue weighted by Gasteiger charge is 2.00. The highest BCUT2D eigenvalue weighted by atomic mass is 19.1. The van der Waals surface area contributed by atoms with E-state index in [0.717, 1.165) is 17.7 Å². The van der Waals surface area contributed by atoms with Crippen LogP contribution in [0.4, 0.5) is 10.1 Å². The Labute approximate surface area is 124 Å². The third-order valence-corrected chi connectivity index (χ3v) is 3.28. The lowest BCUT2D eigenvalue weighted by molar-refractivity contribution is 0.616. The van der Waals surface area contributed by atoms with Crippen LogP contribution in [0.15, 0.2) is 47.5 Å². The third-order valence-electron chi connectivity index (χ3n) is 3.28. The van der Waals surface area contributed by atoms with Crippen LogP contribution in [0.1, 0.15) is 23.6 Å². The van der Waals surface area contributed by atoms with E-state index in [1.807, 2.05) is 24.3 Å². The molecule has 0 saturated carbocycles. The van der Waals surface area contributed by atoms with Crippen LogP contribution < -0.4 is 11.1 Å². The van der Waals surface area contributed by atoms with Gasteiger partial charge in [-0.1, -0.05) is 31.2 Å². The SMILES string of the molecule is CCc1cccc(NC(N)=NCc2ccc(C)c(F)c2)c1. The topological polar surface area (TPSA) is 50.4 Å². The number of hydrogen-bond donors (Lipinski definition) is 2. The van der Waals surface area contributed by atoms with Gasteiger partial charge in [-0.2, -0.15) is 0 Å². The summed E-state index contributed by atoms with van der Waals surface area (Å²) in [6, 6.07) is 13.1. The molecule has 0 aliphatic heterocycles. The molecule has 0 bridgehead atoms. The summed E-state index contributed by atoms with van der Waals surface area (Å²) < 4.78 is 13.4. The third kappa shape index (κ3) is 4.31. The van der Waals surface area contributed by atoms with Gasteiger partial charge in [-0.05, 0) is 48.2 Å². The van der Waals surface area contributed by atoms with Crippen molar-refractivity contribution in [1.82, 2.24) is 0 Å². The number of guanidine groups is 1. The summed E-state index contributed by atoms with van der Waals surface area (Å²) in [4.78, 5) is 4.23. The fourth-order valence-electron chi connectivity index (χ4n) is 1.97. The van der Waals surface area contributed by atoms with Crippen molar-refractivity contribution in [1.29, 1.82) is 0 Å². The fourth-order valence-corrected chi connectivity index (χ4v) is 1.97. The zero-order valence-corrected chi connectivity index (χ0v) is 12.4. The molecular weight excluding hydrogens is 265 g/mol. The van der Waals surface area contributed by atoms with Crippen LogP contribution in [0, 0.1) is 12.7 Å². The smallest absolute Gasteiger partial charge is 0.193 e. The Bertz CT molecular complexity index is 650. The maximum absolute atomic E-state index is 13.4. The highest BCUT2D eigenvalue weighted by Crippen LogP contribution is 2.12. The zero-order chi connectivity index (χ0) is 15.2. The predicted octanol–water partition coefficient (Wildman–Crippen LogP) is 3.62. The molecular formula is C17H20FN3. The second-order valence-electron chi connectivity index (χ2n) is 4.96. The Balaban J connectivity index is 2.01. The molecule has 2 aromatic rings. The number of nitrogens with zero attached hydrogens (tertiary/aromatic N) is 1. The Kier molecular flexibility index (Phi) is 4.93. The number of anilines is 1. The average molecular weight is 285 g/mol. The van der Waals surface area contributed by atoms with Crippen molar-refractivity contribution in [2.45, 2.75) is 26.8 Å². The molecule has 0 fully saturated rings. The van der Waals surface area contributed by atoms with E-state index in [0.29, 0.717) is 18.1 Å². The first-order chi connectivity index (χ1) is 10.1. The first-order valence-electron chi connectivity index (χ1n) is 6.99. The van der Waals surface area contributed by atoms with Gasteiger partial charge in [0.15, 0.2) is 5.96 Å². The van der Waals surface area contributed by atoms with Gasteiger partial charge >= 0.3 is 0 Å². The summed E-state index contributed by atoms with van der Waals surface area (Å²) in [6.45, 7) is 4.19. The van der Waals surface area contributed by atoms with Crippen molar-refractivity contribution in [2.24, 2.45) is 10.7 Å². The number of aryl methyl sites for hydroxylation is 2. The molecule has 110 valence electrons. The van der Waals surface area contributed by atoms with Crippen LogP contribution in [-0.2, 0) is 13.0 Å². The lowest BCUT2D eigenvalue weighted by Gasteiger charge is -2.07. The predicted molar refractivity (Wildman–Crippen MR) is 85.9 cm³/mol. The fraction of sp³-hybridized carbons (Fsp3) is 0.235. The van der Waals surface area contributed by atoms with Crippen molar-refractivity contribution in [3.8, 4) is 0 Å². The van der Waals surface area contributed by atoms with Gasteiger partial charge in [0.25, 0.3) is 0 Å². The van der Waals surface area contributed by atoms with E-state index in [1.165, 1.54) is 11.6 Å². The molecule has 3 N–H and O–H groups in total. The van der Waals surface area contributed by atoms with Crippen LogP contribution in [-0.4, -0.2) is 5.96 Å². The van der Waals surface area contributed by atoms with E-state index in [1.54, 1.807) is 13.0 Å². The molecule has 0 saturated heterocycles. The summed E-state index contributed by atoms with van der Waals surface area (Å²) in [7, 11) is 0. The molecule has 3 nitrogen and oxygen atoms in total. The molecule has 0 atom stereocenters. The maximum atomic E-state index is 13.4. The standard InChI is InChI=1S/C17H20FN3/c1-3-13-5-4-6-15(9-13)21-17(19)20-11-14-8-7-12(2)16(18)10-14/h4-10H,3,11H2,1-2H3,(H3,19,20,21). The number of benzene rings is 2. The number of rotatable bonds is 4. The second-order valence-corrected chi connectivity index (χ2v) is 4.96. The molecule has 0 amide bonds. The monoisotopic (exact) mass is 285 g/mol. The minimum atomic E-state index is -0.218. The van der Waals surface area contributed by atoms with Crippen molar-refractivity contribution < 1.29 is 4.39 Å². The number of hydrogen-bond acceptors (Lipinski definition) is 1. The van der Waals surface area contributed by atoms with E-state index >= 15 is 0 Å². The summed E-state index contributed by atoms with van der Waals surface area (Å²) in [6.07, 6.45) is 0.967. The summed E-state index contributed by atoms with van der Waals surface area (Å²) in [5, 5.41) is 3.05. The molecule has 0 aliphatic carbocycles. The Hall–Kier alpha value is -2.36. The molecule has 2 rings (SSSR count). The van der Waals surface area contributed by atoms with E-state index in [4.69, 9.17) is 5.73 Å². The summed E-state index contributed by atoms with van der Waals surface area (Å²) >= 11 is 0. The molecule has 0 heterocycles. The van der Waals surface area contributed by atoms with E-state index < -0.39 is 0 Å². The molecule has 21 heavy (non-hydrogen) atoms. The van der Waals surface area contributed by atoms with Crippen molar-refractivity contribution in [3.63, 3.8) is 0 Å². The van der Waals surface area contributed by atoms with E-state index in [-0.39, 0.29) is 5.82 Å². The van der Waals surface area contributed by atoms with Crippen molar-refractivity contribution >= 4 is 11.6 Å². The lowest BCUT2D eigenvalue weighted by Crippen LogP contribution is -2.22. The number of aliphatic imine (C=N–C) groups is 1.